The third-order valence-corrected chi connectivity index (χ3v) is 8.24. The summed E-state index contributed by atoms with van der Waals surface area (Å²) in [7, 11) is -3.41. The van der Waals surface area contributed by atoms with Crippen molar-refractivity contribution < 1.29 is 17.9 Å². The lowest BCUT2D eigenvalue weighted by Gasteiger charge is -2.40. The Balaban J connectivity index is 2.02. The van der Waals surface area contributed by atoms with Crippen molar-refractivity contribution in [2.24, 2.45) is 16.7 Å². The minimum Gasteiger partial charge on any atom is -0.356 e. The summed E-state index contributed by atoms with van der Waals surface area (Å²) in [6, 6.07) is 0. The summed E-state index contributed by atoms with van der Waals surface area (Å²) in [5.74, 6) is -0.0796. The number of carbonyl (C=O) groups excluding carboxylic acids is 1. The fourth-order valence-corrected chi connectivity index (χ4v) is 6.69. The number of hydrogen-bond donors (Lipinski definition) is 0. The van der Waals surface area contributed by atoms with Crippen LogP contribution in [0.5, 0.6) is 0 Å². The lowest BCUT2D eigenvalue weighted by atomic mass is 9.70. The van der Waals surface area contributed by atoms with Crippen LogP contribution >= 0.6 is 23.2 Å². The number of halogens is 2. The van der Waals surface area contributed by atoms with Crippen molar-refractivity contribution in [2.45, 2.75) is 36.5 Å². The highest BCUT2D eigenvalue weighted by atomic mass is 35.5. The molecule has 4 unspecified atom stereocenters. The van der Waals surface area contributed by atoms with Crippen LogP contribution in [0.2, 0.25) is 0 Å². The van der Waals surface area contributed by atoms with E-state index in [0.717, 1.165) is 6.42 Å². The average molecular weight is 327 g/mol. The number of hydrogen-bond acceptors (Lipinski definition) is 4. The summed E-state index contributed by atoms with van der Waals surface area (Å²) < 4.78 is 29.3. The predicted octanol–water partition coefficient (Wildman–Crippen LogP) is 1.94. The maximum atomic E-state index is 12.4. The molecule has 0 radical (unpaired) electrons. The number of epoxide rings is 1. The predicted molar refractivity (Wildman–Crippen MR) is 71.9 cm³/mol. The van der Waals surface area contributed by atoms with Crippen molar-refractivity contribution >= 4 is 38.8 Å². The number of fused-ring (bicyclic) bond motifs is 2. The summed E-state index contributed by atoms with van der Waals surface area (Å²) >= 11 is 12.2. The van der Waals surface area contributed by atoms with Gasteiger partial charge in [0, 0.05) is 11.8 Å². The van der Waals surface area contributed by atoms with Gasteiger partial charge in [0.15, 0.2) is 15.3 Å². The van der Waals surface area contributed by atoms with E-state index < -0.39 is 30.9 Å². The molecule has 1 aliphatic heterocycles. The van der Waals surface area contributed by atoms with E-state index >= 15 is 0 Å². The molecule has 0 amide bonds. The van der Waals surface area contributed by atoms with Gasteiger partial charge in [0.2, 0.25) is 0 Å². The van der Waals surface area contributed by atoms with Gasteiger partial charge >= 0.3 is 0 Å². The lowest BCUT2D eigenvalue weighted by Crippen LogP contribution is -2.47. The van der Waals surface area contributed by atoms with Crippen LogP contribution in [0.15, 0.2) is 0 Å². The number of alkyl halides is 2. The van der Waals surface area contributed by atoms with Gasteiger partial charge in [0.1, 0.15) is 10.6 Å². The molecule has 2 saturated carbocycles. The van der Waals surface area contributed by atoms with E-state index in [1.807, 2.05) is 6.92 Å². The molecule has 108 valence electrons. The van der Waals surface area contributed by atoms with Gasteiger partial charge in [0.25, 0.3) is 0 Å². The maximum Gasteiger partial charge on any atom is 0.182 e. The normalized spacial score (nSPS) is 45.2. The van der Waals surface area contributed by atoms with E-state index in [4.69, 9.17) is 27.9 Å². The van der Waals surface area contributed by atoms with E-state index in [2.05, 4.69) is 0 Å². The molecular formula is C12H16Cl2O4S. The Morgan fingerprint density at radius 1 is 1.47 bits per heavy atom. The quantitative estimate of drug-likeness (QED) is 0.585. The van der Waals surface area contributed by atoms with E-state index in [9.17, 15) is 13.2 Å². The van der Waals surface area contributed by atoms with Gasteiger partial charge in [-0.05, 0) is 18.8 Å². The van der Waals surface area contributed by atoms with E-state index in [0.29, 0.717) is 12.8 Å². The molecule has 2 bridgehead atoms. The number of rotatable bonds is 4. The third kappa shape index (κ3) is 1.74. The van der Waals surface area contributed by atoms with Gasteiger partial charge < -0.3 is 4.74 Å². The Kier molecular flexibility index (Phi) is 3.04. The number of ether oxygens (including phenoxy) is 1. The molecule has 19 heavy (non-hydrogen) atoms. The van der Waals surface area contributed by atoms with Crippen molar-refractivity contribution in [3.05, 3.63) is 0 Å². The molecule has 0 aromatic heterocycles. The summed E-state index contributed by atoms with van der Waals surface area (Å²) in [4.78, 5) is 11.6. The van der Waals surface area contributed by atoms with Crippen molar-refractivity contribution in [1.29, 1.82) is 0 Å². The highest BCUT2D eigenvalue weighted by molar-refractivity contribution is 7.92. The molecule has 4 nitrogen and oxygen atoms in total. The summed E-state index contributed by atoms with van der Waals surface area (Å²) in [5.41, 5.74) is -2.30. The minimum atomic E-state index is -3.41. The molecule has 2 aliphatic carbocycles. The van der Waals surface area contributed by atoms with E-state index in [1.54, 1.807) is 0 Å². The average Bonchev–Trinajstić information content (AvgIpc) is 3.09. The van der Waals surface area contributed by atoms with Gasteiger partial charge in [-0.3, -0.25) is 4.79 Å². The first-order valence-corrected chi connectivity index (χ1v) is 8.97. The van der Waals surface area contributed by atoms with E-state index in [-0.39, 0.29) is 24.1 Å². The second-order valence-electron chi connectivity index (χ2n) is 6.10. The zero-order valence-corrected chi connectivity index (χ0v) is 12.9. The van der Waals surface area contributed by atoms with Crippen LogP contribution < -0.4 is 0 Å². The molecule has 0 aromatic carbocycles. The first kappa shape index (κ1) is 14.1. The Morgan fingerprint density at radius 3 is 2.58 bits per heavy atom. The van der Waals surface area contributed by atoms with Gasteiger partial charge in [-0.2, -0.15) is 0 Å². The first-order chi connectivity index (χ1) is 8.74. The SMILES string of the molecule is CC1(C(Cl)Cl)C2CCC1(CS(=O)(=O)C1CO1)C(=O)C2. The van der Waals surface area contributed by atoms with Crippen LogP contribution in [-0.4, -0.2) is 36.8 Å². The molecule has 3 rings (SSSR count). The summed E-state index contributed by atoms with van der Waals surface area (Å²) in [5, 5.41) is 0. The maximum absolute atomic E-state index is 12.4. The fourth-order valence-electron chi connectivity index (χ4n) is 3.93. The zero-order chi connectivity index (χ0) is 14.1. The van der Waals surface area contributed by atoms with Crippen molar-refractivity contribution in [2.75, 3.05) is 12.4 Å². The number of carbonyl (C=O) groups is 1. The van der Waals surface area contributed by atoms with E-state index in [1.165, 1.54) is 0 Å². The number of Topliss-reactive ketones (excluding diaryl/α,β-unsaturated/α-hetero) is 1. The minimum absolute atomic E-state index is 0.00164. The van der Waals surface area contributed by atoms with Crippen LogP contribution in [0.1, 0.15) is 26.2 Å². The van der Waals surface area contributed by atoms with Crippen molar-refractivity contribution in [3.63, 3.8) is 0 Å². The molecule has 0 N–H and O–H groups in total. The Labute approximate surface area is 122 Å². The Morgan fingerprint density at radius 2 is 2.11 bits per heavy atom. The largest absolute Gasteiger partial charge is 0.356 e. The van der Waals surface area contributed by atoms with Gasteiger partial charge in [-0.1, -0.05) is 6.92 Å². The van der Waals surface area contributed by atoms with Gasteiger partial charge in [-0.25, -0.2) is 8.42 Å². The first-order valence-electron chi connectivity index (χ1n) is 6.39. The van der Waals surface area contributed by atoms with Crippen LogP contribution in [0.25, 0.3) is 0 Å². The molecule has 1 saturated heterocycles. The van der Waals surface area contributed by atoms with Crippen LogP contribution in [0, 0.1) is 16.7 Å². The molecule has 0 spiro atoms. The zero-order valence-electron chi connectivity index (χ0n) is 10.6. The fraction of sp³-hybridized carbons (Fsp3) is 0.917. The van der Waals surface area contributed by atoms with Crippen molar-refractivity contribution in [3.8, 4) is 0 Å². The molecule has 3 fully saturated rings. The summed E-state index contributed by atoms with van der Waals surface area (Å²) in [6.45, 7) is 2.10. The monoisotopic (exact) mass is 326 g/mol. The molecule has 4 atom stereocenters. The Bertz CT molecular complexity index is 528. The summed E-state index contributed by atoms with van der Waals surface area (Å²) in [6.07, 6.45) is 1.78. The molecule has 3 aliphatic rings. The topological polar surface area (TPSA) is 63.7 Å². The third-order valence-electron chi connectivity index (χ3n) is 5.37. The number of sulfone groups is 1. The molecule has 0 aromatic rings. The highest BCUT2D eigenvalue weighted by Crippen LogP contribution is 2.67. The van der Waals surface area contributed by atoms with Gasteiger partial charge in [0.05, 0.1) is 17.8 Å². The van der Waals surface area contributed by atoms with Crippen molar-refractivity contribution in [1.82, 2.24) is 0 Å². The molecule has 7 heteroatoms. The smallest absolute Gasteiger partial charge is 0.182 e. The second-order valence-corrected chi connectivity index (χ2v) is 9.33. The number of ketones is 1. The lowest BCUT2D eigenvalue weighted by molar-refractivity contribution is -0.128. The van der Waals surface area contributed by atoms with Gasteiger partial charge in [-0.15, -0.1) is 23.2 Å². The molecule has 1 heterocycles. The standard InChI is InChI=1S/C12H16Cl2O4S/c1-11(10(13)14)7-2-3-12(11,8(15)4-7)6-19(16,17)9-5-18-9/h7,9-10H,2-6H2,1H3. The second kappa shape index (κ2) is 4.09. The Hall–Kier alpha value is 0.160. The van der Waals surface area contributed by atoms with Crippen LogP contribution in [0.3, 0.4) is 0 Å². The molecular weight excluding hydrogens is 311 g/mol. The highest BCUT2D eigenvalue weighted by Gasteiger charge is 2.70. The van der Waals surface area contributed by atoms with Crippen LogP contribution in [0.4, 0.5) is 0 Å². The van der Waals surface area contributed by atoms with Crippen LogP contribution in [-0.2, 0) is 19.4 Å².